The van der Waals surface area contributed by atoms with Crippen LogP contribution in [0, 0.1) is 6.92 Å². The van der Waals surface area contributed by atoms with Gasteiger partial charge in [-0.3, -0.25) is 4.79 Å². The van der Waals surface area contributed by atoms with E-state index in [0.717, 1.165) is 37.4 Å². The predicted molar refractivity (Wildman–Crippen MR) is 65.7 cm³/mol. The van der Waals surface area contributed by atoms with E-state index in [1.165, 1.54) is 0 Å². The number of nitrogens with one attached hydrogen (secondary N) is 2. The second kappa shape index (κ2) is 5.61. The summed E-state index contributed by atoms with van der Waals surface area (Å²) in [5.41, 5.74) is 0. The second-order valence-electron chi connectivity index (χ2n) is 4.36. The van der Waals surface area contributed by atoms with Crippen LogP contribution in [-0.4, -0.2) is 28.5 Å². The predicted octanol–water partition coefficient (Wildman–Crippen LogP) is 1.26. The average molecular weight is 234 g/mol. The largest absolute Gasteiger partial charge is 0.370 e. The van der Waals surface area contributed by atoms with Crippen molar-refractivity contribution in [3.63, 3.8) is 0 Å². The smallest absolute Gasteiger partial charge is 0.220 e. The Morgan fingerprint density at radius 2 is 2.35 bits per heavy atom. The highest BCUT2D eigenvalue weighted by atomic mass is 16.1. The van der Waals surface area contributed by atoms with Crippen molar-refractivity contribution in [2.45, 2.75) is 38.6 Å². The number of aromatic nitrogens is 2. The van der Waals surface area contributed by atoms with Crippen LogP contribution in [0.1, 0.15) is 31.5 Å². The number of carbonyl (C=O) groups is 1. The minimum Gasteiger partial charge on any atom is -0.370 e. The minimum atomic E-state index is 0.160. The highest BCUT2D eigenvalue weighted by Gasteiger charge is 2.22. The average Bonchev–Trinajstić information content (AvgIpc) is 3.08. The number of rotatable bonds is 6. The van der Waals surface area contributed by atoms with Gasteiger partial charge < -0.3 is 10.6 Å². The number of carbonyl (C=O) groups excluding carboxylic acids is 1. The Balaban J connectivity index is 1.60. The van der Waals surface area contributed by atoms with Gasteiger partial charge in [-0.25, -0.2) is 9.97 Å². The molecule has 1 heterocycles. The van der Waals surface area contributed by atoms with E-state index in [4.69, 9.17) is 0 Å². The first kappa shape index (κ1) is 11.8. The first-order valence-corrected chi connectivity index (χ1v) is 6.07. The maximum Gasteiger partial charge on any atom is 0.220 e. The maximum absolute atomic E-state index is 11.4. The van der Waals surface area contributed by atoms with Crippen LogP contribution in [0.15, 0.2) is 12.3 Å². The lowest BCUT2D eigenvalue weighted by Crippen LogP contribution is -2.25. The number of hydrogen-bond acceptors (Lipinski definition) is 4. The summed E-state index contributed by atoms with van der Waals surface area (Å²) in [7, 11) is 0. The van der Waals surface area contributed by atoms with Crippen molar-refractivity contribution >= 4 is 11.7 Å². The number of nitrogens with zero attached hydrogens (tertiary/aromatic N) is 2. The van der Waals surface area contributed by atoms with Crippen LogP contribution < -0.4 is 10.6 Å². The molecule has 0 aliphatic heterocycles. The van der Waals surface area contributed by atoms with Crippen molar-refractivity contribution < 1.29 is 4.79 Å². The molecule has 2 N–H and O–H groups in total. The van der Waals surface area contributed by atoms with Gasteiger partial charge in [-0.15, -0.1) is 0 Å². The highest BCUT2D eigenvalue weighted by molar-refractivity contribution is 5.76. The maximum atomic E-state index is 11.4. The van der Waals surface area contributed by atoms with Gasteiger partial charge >= 0.3 is 0 Å². The second-order valence-corrected chi connectivity index (χ2v) is 4.36. The van der Waals surface area contributed by atoms with E-state index in [9.17, 15) is 4.79 Å². The van der Waals surface area contributed by atoms with Crippen LogP contribution in [0.25, 0.3) is 0 Å². The lowest BCUT2D eigenvalue weighted by atomic mass is 10.3. The molecule has 1 aliphatic carbocycles. The normalized spacial score (nSPS) is 14.4. The number of hydrogen-bond donors (Lipinski definition) is 2. The SMILES string of the molecule is Cc1nccc(NCCCC(=O)NC2CC2)n1. The molecule has 0 aromatic carbocycles. The zero-order chi connectivity index (χ0) is 12.1. The Kier molecular flexibility index (Phi) is 3.90. The third kappa shape index (κ3) is 4.38. The molecule has 1 fully saturated rings. The zero-order valence-electron chi connectivity index (χ0n) is 10.1. The molecule has 0 atom stereocenters. The van der Waals surface area contributed by atoms with Gasteiger partial charge in [-0.1, -0.05) is 0 Å². The van der Waals surface area contributed by atoms with E-state index in [1.54, 1.807) is 6.20 Å². The first-order chi connectivity index (χ1) is 8.24. The van der Waals surface area contributed by atoms with Crippen LogP contribution in [0.2, 0.25) is 0 Å². The fourth-order valence-electron chi connectivity index (χ4n) is 1.55. The lowest BCUT2D eigenvalue weighted by Gasteiger charge is -2.06. The molecule has 92 valence electrons. The Bertz CT molecular complexity index is 390. The Hall–Kier alpha value is -1.65. The van der Waals surface area contributed by atoms with Gasteiger partial charge in [0.1, 0.15) is 11.6 Å². The molecule has 1 aliphatic rings. The molecule has 0 saturated heterocycles. The van der Waals surface area contributed by atoms with Crippen LogP contribution in [0.5, 0.6) is 0 Å². The van der Waals surface area contributed by atoms with Crippen LogP contribution in [0.4, 0.5) is 5.82 Å². The topological polar surface area (TPSA) is 66.9 Å². The van der Waals surface area contributed by atoms with E-state index in [0.29, 0.717) is 12.5 Å². The molecular weight excluding hydrogens is 216 g/mol. The van der Waals surface area contributed by atoms with Crippen molar-refractivity contribution in [2.75, 3.05) is 11.9 Å². The fraction of sp³-hybridized carbons (Fsp3) is 0.583. The monoisotopic (exact) mass is 234 g/mol. The molecule has 5 nitrogen and oxygen atoms in total. The van der Waals surface area contributed by atoms with Crippen LogP contribution >= 0.6 is 0 Å². The van der Waals surface area contributed by atoms with Gasteiger partial charge in [0.15, 0.2) is 0 Å². The quantitative estimate of drug-likeness (QED) is 0.727. The van der Waals surface area contributed by atoms with E-state index < -0.39 is 0 Å². The molecule has 0 unspecified atom stereocenters. The summed E-state index contributed by atoms with van der Waals surface area (Å²) in [4.78, 5) is 19.6. The van der Waals surface area contributed by atoms with Crippen molar-refractivity contribution in [3.05, 3.63) is 18.1 Å². The molecule has 5 heteroatoms. The molecule has 0 radical (unpaired) electrons. The Morgan fingerprint density at radius 1 is 1.53 bits per heavy atom. The minimum absolute atomic E-state index is 0.160. The fourth-order valence-corrected chi connectivity index (χ4v) is 1.55. The van der Waals surface area contributed by atoms with E-state index >= 15 is 0 Å². The number of aryl methyl sites for hydroxylation is 1. The summed E-state index contributed by atoms with van der Waals surface area (Å²) < 4.78 is 0. The van der Waals surface area contributed by atoms with Crippen LogP contribution in [0.3, 0.4) is 0 Å². The molecule has 17 heavy (non-hydrogen) atoms. The molecule has 1 amide bonds. The van der Waals surface area contributed by atoms with Gasteiger partial charge in [0.25, 0.3) is 0 Å². The molecule has 0 spiro atoms. The summed E-state index contributed by atoms with van der Waals surface area (Å²) >= 11 is 0. The molecule has 1 saturated carbocycles. The Morgan fingerprint density at radius 3 is 3.06 bits per heavy atom. The first-order valence-electron chi connectivity index (χ1n) is 6.07. The van der Waals surface area contributed by atoms with Gasteiger partial charge in [-0.2, -0.15) is 0 Å². The van der Waals surface area contributed by atoms with Crippen molar-refractivity contribution in [1.82, 2.24) is 15.3 Å². The summed E-state index contributed by atoms with van der Waals surface area (Å²) in [6.45, 7) is 2.61. The third-order valence-corrected chi connectivity index (χ3v) is 2.61. The summed E-state index contributed by atoms with van der Waals surface area (Å²) in [6, 6.07) is 2.29. The van der Waals surface area contributed by atoms with E-state index in [-0.39, 0.29) is 5.91 Å². The van der Waals surface area contributed by atoms with Crippen molar-refractivity contribution in [2.24, 2.45) is 0 Å². The standard InChI is InChI=1S/C12H18N4O/c1-9-13-8-6-11(15-9)14-7-2-3-12(17)16-10-4-5-10/h6,8,10H,2-5,7H2,1H3,(H,16,17)(H,13,14,15). The molecular formula is C12H18N4O. The Labute approximate surface area is 101 Å². The number of amides is 1. The van der Waals surface area contributed by atoms with Crippen molar-refractivity contribution in [1.29, 1.82) is 0 Å². The zero-order valence-corrected chi connectivity index (χ0v) is 10.1. The summed E-state index contributed by atoms with van der Waals surface area (Å²) in [5, 5.41) is 6.15. The van der Waals surface area contributed by atoms with Crippen LogP contribution in [-0.2, 0) is 4.79 Å². The van der Waals surface area contributed by atoms with E-state index in [2.05, 4.69) is 20.6 Å². The summed E-state index contributed by atoms with van der Waals surface area (Å²) in [5.74, 6) is 1.73. The van der Waals surface area contributed by atoms with Gasteiger partial charge in [-0.05, 0) is 32.3 Å². The molecule has 0 bridgehead atoms. The van der Waals surface area contributed by atoms with Crippen molar-refractivity contribution in [3.8, 4) is 0 Å². The third-order valence-electron chi connectivity index (χ3n) is 2.61. The van der Waals surface area contributed by atoms with E-state index in [1.807, 2.05) is 13.0 Å². The molecule has 2 rings (SSSR count). The van der Waals surface area contributed by atoms with Gasteiger partial charge in [0, 0.05) is 25.2 Å². The highest BCUT2D eigenvalue weighted by Crippen LogP contribution is 2.18. The molecule has 1 aromatic heterocycles. The molecule has 1 aromatic rings. The summed E-state index contributed by atoms with van der Waals surface area (Å²) in [6.07, 6.45) is 5.41. The van der Waals surface area contributed by atoms with Gasteiger partial charge in [0.2, 0.25) is 5.91 Å². The van der Waals surface area contributed by atoms with Gasteiger partial charge in [0.05, 0.1) is 0 Å². The number of anilines is 1. The lowest BCUT2D eigenvalue weighted by molar-refractivity contribution is -0.121.